The van der Waals surface area contributed by atoms with Gasteiger partial charge < -0.3 is 10.8 Å². The van der Waals surface area contributed by atoms with Gasteiger partial charge in [0, 0.05) is 22.3 Å². The number of nitrogens with zero attached hydrogens (tertiary/aromatic N) is 3. The van der Waals surface area contributed by atoms with Crippen LogP contribution in [-0.2, 0) is 0 Å². The quantitative estimate of drug-likeness (QED) is 0.149. The van der Waals surface area contributed by atoms with Crippen molar-refractivity contribution < 1.29 is 0 Å². The lowest BCUT2D eigenvalue weighted by atomic mass is 9.88. The fourth-order valence-electron chi connectivity index (χ4n) is 5.54. The number of allylic oxidation sites excluding steroid dienone is 2. The van der Waals surface area contributed by atoms with Gasteiger partial charge in [-0.15, -0.1) is 0 Å². The molecule has 2 N–H and O–H groups in total. The summed E-state index contributed by atoms with van der Waals surface area (Å²) in [7, 11) is 0. The number of nitrogens with one attached hydrogen (secondary N) is 2. The van der Waals surface area contributed by atoms with E-state index in [1.807, 2.05) is 121 Å². The third kappa shape index (κ3) is 5.08. The van der Waals surface area contributed by atoms with Gasteiger partial charge in [0.1, 0.15) is 0 Å². The number of hydrogen-bond donors (Lipinski definition) is 2. The second-order valence-corrected chi connectivity index (χ2v) is 10.4. The van der Waals surface area contributed by atoms with Crippen molar-refractivity contribution in [2.45, 2.75) is 0 Å². The molecule has 1 heterocycles. The van der Waals surface area contributed by atoms with E-state index in [0.29, 0.717) is 28.7 Å². The summed E-state index contributed by atoms with van der Waals surface area (Å²) in [6, 6.07) is 45.7. The number of benzene rings is 6. The van der Waals surface area contributed by atoms with E-state index in [-0.39, 0.29) is 5.71 Å². The lowest BCUT2D eigenvalue weighted by molar-refractivity contribution is 1.08. The zero-order valence-electron chi connectivity index (χ0n) is 23.8. The lowest BCUT2D eigenvalue weighted by Gasteiger charge is -2.17. The monoisotopic (exact) mass is 565 g/mol. The van der Waals surface area contributed by atoms with Crippen LogP contribution in [0.5, 0.6) is 0 Å². The maximum absolute atomic E-state index is 9.41. The van der Waals surface area contributed by atoms with Crippen molar-refractivity contribution in [3.05, 3.63) is 163 Å². The lowest BCUT2D eigenvalue weighted by Crippen LogP contribution is -2.07. The summed E-state index contributed by atoms with van der Waals surface area (Å²) in [6.07, 6.45) is 3.39. The summed E-state index contributed by atoms with van der Waals surface area (Å²) < 4.78 is 0. The molecular formula is C39H27N5. The summed E-state index contributed by atoms with van der Waals surface area (Å²) in [6.45, 7) is 0. The molecule has 0 fully saturated rings. The predicted octanol–water partition coefficient (Wildman–Crippen LogP) is 9.17. The normalized spacial score (nSPS) is 11.3. The van der Waals surface area contributed by atoms with Gasteiger partial charge in [0.2, 0.25) is 0 Å². The van der Waals surface area contributed by atoms with Gasteiger partial charge in [0.25, 0.3) is 0 Å². The van der Waals surface area contributed by atoms with Gasteiger partial charge in [0.15, 0.2) is 17.5 Å². The molecule has 0 saturated heterocycles. The fourth-order valence-corrected chi connectivity index (χ4v) is 5.54. The summed E-state index contributed by atoms with van der Waals surface area (Å²) >= 11 is 0. The molecule has 7 aromatic rings. The van der Waals surface area contributed by atoms with E-state index >= 15 is 0 Å². The van der Waals surface area contributed by atoms with Gasteiger partial charge in [-0.3, -0.25) is 0 Å². The van der Waals surface area contributed by atoms with Crippen molar-refractivity contribution in [1.82, 2.24) is 15.0 Å². The topological polar surface area (TPSA) is 86.4 Å². The predicted molar refractivity (Wildman–Crippen MR) is 180 cm³/mol. The molecule has 1 aromatic heterocycles. The van der Waals surface area contributed by atoms with Crippen LogP contribution in [0, 0.1) is 10.8 Å². The Bertz CT molecular complexity index is 2130. The highest BCUT2D eigenvalue weighted by molar-refractivity contribution is 6.28. The summed E-state index contributed by atoms with van der Waals surface area (Å²) in [5, 5.41) is 22.0. The second kappa shape index (κ2) is 11.7. The minimum Gasteiger partial charge on any atom is -0.300 e. The van der Waals surface area contributed by atoms with Gasteiger partial charge in [0.05, 0.1) is 11.4 Å². The highest BCUT2D eigenvalue weighted by atomic mass is 15.0. The number of hydrogen-bond acceptors (Lipinski definition) is 5. The molecule has 5 heteroatoms. The van der Waals surface area contributed by atoms with Crippen molar-refractivity contribution >= 4 is 33.0 Å². The highest BCUT2D eigenvalue weighted by Crippen LogP contribution is 2.39. The molecule has 0 aliphatic carbocycles. The molecular weight excluding hydrogens is 538 g/mol. The Kier molecular flexibility index (Phi) is 7.11. The van der Waals surface area contributed by atoms with E-state index in [9.17, 15) is 5.41 Å². The standard InChI is InChI=1S/C39H27N5/c40-33(26-14-4-1-5-15-26)24-25-34(41)35-31-22-12-10-20-29(31)30-21-11-13-23-32(30)36(35)39-43-37(27-16-6-2-7-17-27)42-38(44-39)28-18-8-3-9-19-28/h1-25,40-41H/b25-24-,40-33?,41-34?. The Morgan fingerprint density at radius 1 is 0.409 bits per heavy atom. The molecule has 208 valence electrons. The summed E-state index contributed by atoms with van der Waals surface area (Å²) in [5.74, 6) is 1.61. The Labute approximate surface area is 255 Å². The molecule has 5 nitrogen and oxygen atoms in total. The zero-order valence-corrected chi connectivity index (χ0v) is 23.8. The first-order valence-electron chi connectivity index (χ1n) is 14.4. The highest BCUT2D eigenvalue weighted by Gasteiger charge is 2.22. The molecule has 0 atom stereocenters. The minimum atomic E-state index is 0.269. The Hall–Kier alpha value is -6.07. The largest absolute Gasteiger partial charge is 0.300 e. The van der Waals surface area contributed by atoms with Crippen molar-refractivity contribution in [3.63, 3.8) is 0 Å². The van der Waals surface area contributed by atoms with Crippen LogP contribution in [0.3, 0.4) is 0 Å². The summed E-state index contributed by atoms with van der Waals surface area (Å²) in [5.41, 5.74) is 4.62. The number of fused-ring (bicyclic) bond motifs is 3. The number of aromatic nitrogens is 3. The van der Waals surface area contributed by atoms with E-state index in [2.05, 4.69) is 18.2 Å². The Morgan fingerprint density at radius 2 is 0.818 bits per heavy atom. The maximum atomic E-state index is 9.41. The molecule has 0 unspecified atom stereocenters. The molecule has 0 amide bonds. The van der Waals surface area contributed by atoms with Crippen molar-refractivity contribution in [3.8, 4) is 34.2 Å². The van der Waals surface area contributed by atoms with Crippen LogP contribution in [0.2, 0.25) is 0 Å². The fraction of sp³-hybridized carbons (Fsp3) is 0. The van der Waals surface area contributed by atoms with Gasteiger partial charge in [-0.2, -0.15) is 0 Å². The molecule has 0 aliphatic rings. The van der Waals surface area contributed by atoms with Crippen molar-refractivity contribution in [2.24, 2.45) is 0 Å². The average molecular weight is 566 g/mol. The van der Waals surface area contributed by atoms with Crippen LogP contribution in [-0.4, -0.2) is 26.4 Å². The Morgan fingerprint density at radius 3 is 1.39 bits per heavy atom. The minimum absolute atomic E-state index is 0.269. The van der Waals surface area contributed by atoms with E-state index < -0.39 is 0 Å². The molecule has 0 saturated carbocycles. The molecule has 0 spiro atoms. The van der Waals surface area contributed by atoms with Crippen LogP contribution < -0.4 is 0 Å². The van der Waals surface area contributed by atoms with Crippen LogP contribution >= 0.6 is 0 Å². The van der Waals surface area contributed by atoms with E-state index in [0.717, 1.165) is 43.8 Å². The van der Waals surface area contributed by atoms with Crippen LogP contribution in [0.15, 0.2) is 152 Å². The van der Waals surface area contributed by atoms with Gasteiger partial charge >= 0.3 is 0 Å². The van der Waals surface area contributed by atoms with E-state index in [1.54, 1.807) is 12.2 Å². The molecule has 0 radical (unpaired) electrons. The molecule has 6 aromatic carbocycles. The SMILES string of the molecule is N=C(/C=C\C(=N)c1c(-c2nc(-c3ccccc3)nc(-c3ccccc3)n2)c2ccccc2c2ccccc12)c1ccccc1. The molecule has 0 bridgehead atoms. The molecule has 7 rings (SSSR count). The van der Waals surface area contributed by atoms with Crippen molar-refractivity contribution in [2.75, 3.05) is 0 Å². The maximum Gasteiger partial charge on any atom is 0.165 e. The first-order chi connectivity index (χ1) is 21.7. The number of rotatable bonds is 7. The van der Waals surface area contributed by atoms with Gasteiger partial charge in [-0.25, -0.2) is 15.0 Å². The molecule has 0 aliphatic heterocycles. The average Bonchev–Trinajstić information content (AvgIpc) is 3.10. The Balaban J connectivity index is 1.51. The van der Waals surface area contributed by atoms with Crippen LogP contribution in [0.4, 0.5) is 0 Å². The second-order valence-electron chi connectivity index (χ2n) is 10.4. The van der Waals surface area contributed by atoms with Gasteiger partial charge in [-0.1, -0.05) is 140 Å². The zero-order chi connectivity index (χ0) is 29.9. The third-order valence-corrected chi connectivity index (χ3v) is 7.63. The van der Waals surface area contributed by atoms with Crippen molar-refractivity contribution in [1.29, 1.82) is 10.8 Å². The van der Waals surface area contributed by atoms with E-state index in [1.165, 1.54) is 0 Å². The smallest absolute Gasteiger partial charge is 0.165 e. The summed E-state index contributed by atoms with van der Waals surface area (Å²) in [4.78, 5) is 15.0. The van der Waals surface area contributed by atoms with Crippen LogP contribution in [0.25, 0.3) is 55.7 Å². The first kappa shape index (κ1) is 26.8. The molecule has 44 heavy (non-hydrogen) atoms. The third-order valence-electron chi connectivity index (χ3n) is 7.63. The van der Waals surface area contributed by atoms with E-state index in [4.69, 9.17) is 20.4 Å². The van der Waals surface area contributed by atoms with Crippen LogP contribution in [0.1, 0.15) is 11.1 Å². The van der Waals surface area contributed by atoms with Gasteiger partial charge in [-0.05, 0) is 39.3 Å². The first-order valence-corrected chi connectivity index (χ1v) is 14.4.